The van der Waals surface area contributed by atoms with Gasteiger partial charge in [0, 0.05) is 5.56 Å². The summed E-state index contributed by atoms with van der Waals surface area (Å²) < 4.78 is 5.63. The number of rotatable bonds is 4. The minimum absolute atomic E-state index is 0.277. The van der Waals surface area contributed by atoms with Crippen LogP contribution in [-0.2, 0) is 0 Å². The maximum Gasteiger partial charge on any atom is 0.283 e. The molecule has 2 N–H and O–H groups in total. The van der Waals surface area contributed by atoms with Gasteiger partial charge < -0.3 is 4.42 Å². The zero-order valence-electron chi connectivity index (χ0n) is 10.1. The molecule has 0 fully saturated rings. The summed E-state index contributed by atoms with van der Waals surface area (Å²) in [5.74, 6) is 1.53. The highest BCUT2D eigenvalue weighted by atomic mass is 35.5. The molecule has 0 spiro atoms. The molecule has 0 aliphatic rings. The number of benzene rings is 1. The van der Waals surface area contributed by atoms with Gasteiger partial charge in [0.25, 0.3) is 5.95 Å². The molecule has 3 rings (SSSR count). The Morgan fingerprint density at radius 3 is 2.95 bits per heavy atom. The molecule has 1 aromatic carbocycles. The number of aromatic nitrogens is 4. The fourth-order valence-electron chi connectivity index (χ4n) is 1.59. The Hall–Kier alpha value is -2.67. The summed E-state index contributed by atoms with van der Waals surface area (Å²) in [5.41, 5.74) is 3.43. The molecule has 0 radical (unpaired) electrons. The lowest BCUT2D eigenvalue weighted by Gasteiger charge is -1.98. The number of halogens is 1. The van der Waals surface area contributed by atoms with Crippen LogP contribution in [0.1, 0.15) is 5.76 Å². The Morgan fingerprint density at radius 2 is 2.15 bits per heavy atom. The maximum atomic E-state index is 6.11. The molecule has 3 aromatic rings. The van der Waals surface area contributed by atoms with Crippen LogP contribution in [0.5, 0.6) is 0 Å². The first-order chi connectivity index (χ1) is 9.83. The van der Waals surface area contributed by atoms with E-state index in [2.05, 4.69) is 31.2 Å². The maximum absolute atomic E-state index is 6.11. The third kappa shape index (κ3) is 2.67. The van der Waals surface area contributed by atoms with E-state index in [1.807, 2.05) is 30.3 Å². The van der Waals surface area contributed by atoms with Crippen LogP contribution in [0.15, 0.2) is 45.9 Å². The first-order valence-electron chi connectivity index (χ1n) is 5.70. The number of nitrogens with one attached hydrogen (secondary N) is 2. The standard InChI is InChI=1S/C12H9ClN6O/c13-10-4-2-1-3-9(10)11-6-5-8(20-11)7-14-15-12-16-18-19-17-12/h1-7H,(H2,15,16,17,18,19)/b14-7-. The first kappa shape index (κ1) is 12.4. The van der Waals surface area contributed by atoms with Crippen LogP contribution in [0.3, 0.4) is 0 Å². The zero-order chi connectivity index (χ0) is 13.8. The van der Waals surface area contributed by atoms with Crippen molar-refractivity contribution in [1.29, 1.82) is 0 Å². The van der Waals surface area contributed by atoms with E-state index < -0.39 is 0 Å². The molecular formula is C12H9ClN6O. The van der Waals surface area contributed by atoms with Crippen LogP contribution in [0.2, 0.25) is 5.02 Å². The molecule has 0 amide bonds. The summed E-state index contributed by atoms with van der Waals surface area (Å²) in [7, 11) is 0. The molecule has 100 valence electrons. The molecule has 0 bridgehead atoms. The summed E-state index contributed by atoms with van der Waals surface area (Å²) in [5, 5.41) is 17.6. The highest BCUT2D eigenvalue weighted by Gasteiger charge is 2.06. The average Bonchev–Trinajstić information content (AvgIpc) is 3.11. The average molecular weight is 289 g/mol. The van der Waals surface area contributed by atoms with Gasteiger partial charge >= 0.3 is 0 Å². The van der Waals surface area contributed by atoms with E-state index in [4.69, 9.17) is 16.0 Å². The number of nitrogens with zero attached hydrogens (tertiary/aromatic N) is 4. The zero-order valence-corrected chi connectivity index (χ0v) is 10.9. The molecule has 0 unspecified atom stereocenters. The van der Waals surface area contributed by atoms with Crippen molar-refractivity contribution in [3.8, 4) is 11.3 Å². The fourth-order valence-corrected chi connectivity index (χ4v) is 1.82. The second-order valence-corrected chi connectivity index (χ2v) is 4.19. The van der Waals surface area contributed by atoms with Crippen LogP contribution in [-0.4, -0.2) is 26.8 Å². The number of H-pyrrole nitrogens is 1. The fraction of sp³-hybridized carbons (Fsp3) is 0. The largest absolute Gasteiger partial charge is 0.455 e. The van der Waals surface area contributed by atoms with Crippen molar-refractivity contribution in [2.75, 3.05) is 5.43 Å². The molecule has 20 heavy (non-hydrogen) atoms. The van der Waals surface area contributed by atoms with Crippen LogP contribution in [0.25, 0.3) is 11.3 Å². The molecule has 0 saturated carbocycles. The van der Waals surface area contributed by atoms with Crippen LogP contribution in [0.4, 0.5) is 5.95 Å². The van der Waals surface area contributed by atoms with Crippen molar-refractivity contribution < 1.29 is 4.42 Å². The smallest absolute Gasteiger partial charge is 0.283 e. The lowest BCUT2D eigenvalue weighted by molar-refractivity contribution is 0.575. The predicted molar refractivity (Wildman–Crippen MR) is 74.5 cm³/mol. The Labute approximate surface area is 118 Å². The quantitative estimate of drug-likeness (QED) is 0.568. The van der Waals surface area contributed by atoms with E-state index >= 15 is 0 Å². The van der Waals surface area contributed by atoms with Gasteiger partial charge in [-0.25, -0.2) is 5.43 Å². The Morgan fingerprint density at radius 1 is 1.25 bits per heavy atom. The second kappa shape index (κ2) is 5.54. The minimum atomic E-state index is 0.277. The van der Waals surface area contributed by atoms with Gasteiger partial charge in [0.1, 0.15) is 11.5 Å². The van der Waals surface area contributed by atoms with E-state index in [-0.39, 0.29) is 5.95 Å². The van der Waals surface area contributed by atoms with Gasteiger partial charge in [-0.1, -0.05) is 28.8 Å². The van der Waals surface area contributed by atoms with Gasteiger partial charge in [-0.15, -0.1) is 5.10 Å². The molecule has 8 heteroatoms. The molecule has 0 aliphatic heterocycles. The molecule has 7 nitrogen and oxygen atoms in total. The number of aromatic amines is 1. The van der Waals surface area contributed by atoms with Crippen molar-refractivity contribution in [3.63, 3.8) is 0 Å². The topological polar surface area (TPSA) is 92.0 Å². The predicted octanol–water partition coefficient (Wildman–Crippen LogP) is 2.56. The summed E-state index contributed by atoms with van der Waals surface area (Å²) in [4.78, 5) is 0. The van der Waals surface area contributed by atoms with Crippen LogP contribution in [0, 0.1) is 0 Å². The summed E-state index contributed by atoms with van der Waals surface area (Å²) in [6, 6.07) is 11.1. The normalized spacial score (nSPS) is 11.1. The lowest BCUT2D eigenvalue weighted by atomic mass is 10.2. The molecular weight excluding hydrogens is 280 g/mol. The van der Waals surface area contributed by atoms with Crippen molar-refractivity contribution in [2.24, 2.45) is 5.10 Å². The minimum Gasteiger partial charge on any atom is -0.455 e. The van der Waals surface area contributed by atoms with Crippen molar-refractivity contribution in [1.82, 2.24) is 20.6 Å². The Balaban J connectivity index is 1.74. The van der Waals surface area contributed by atoms with Gasteiger partial charge in [-0.05, 0) is 29.5 Å². The lowest BCUT2D eigenvalue weighted by Crippen LogP contribution is -1.91. The molecule has 0 saturated heterocycles. The van der Waals surface area contributed by atoms with Crippen molar-refractivity contribution in [3.05, 3.63) is 47.2 Å². The Bertz CT molecular complexity index is 721. The highest BCUT2D eigenvalue weighted by Crippen LogP contribution is 2.28. The number of anilines is 1. The SMILES string of the molecule is Clc1ccccc1-c1ccc(/C=N\Nc2nn[nH]n2)o1. The first-order valence-corrected chi connectivity index (χ1v) is 6.08. The van der Waals surface area contributed by atoms with E-state index in [9.17, 15) is 0 Å². The number of hydrazone groups is 1. The van der Waals surface area contributed by atoms with E-state index in [0.29, 0.717) is 16.5 Å². The molecule has 0 aliphatic carbocycles. The number of hydrogen-bond donors (Lipinski definition) is 2. The summed E-state index contributed by atoms with van der Waals surface area (Å²) in [6.45, 7) is 0. The van der Waals surface area contributed by atoms with E-state index in [1.54, 1.807) is 6.07 Å². The summed E-state index contributed by atoms with van der Waals surface area (Å²) in [6.07, 6.45) is 1.51. The molecule has 0 atom stereocenters. The van der Waals surface area contributed by atoms with Crippen molar-refractivity contribution >= 4 is 23.8 Å². The van der Waals surface area contributed by atoms with Gasteiger partial charge in [-0.3, -0.25) is 0 Å². The van der Waals surface area contributed by atoms with Gasteiger partial charge in [0.2, 0.25) is 0 Å². The van der Waals surface area contributed by atoms with Crippen LogP contribution >= 0.6 is 11.6 Å². The third-order valence-electron chi connectivity index (χ3n) is 2.47. The van der Waals surface area contributed by atoms with Crippen molar-refractivity contribution in [2.45, 2.75) is 0 Å². The van der Waals surface area contributed by atoms with Gasteiger partial charge in [0.15, 0.2) is 0 Å². The third-order valence-corrected chi connectivity index (χ3v) is 2.80. The number of furan rings is 1. The highest BCUT2D eigenvalue weighted by molar-refractivity contribution is 6.33. The monoisotopic (exact) mass is 288 g/mol. The number of hydrogen-bond acceptors (Lipinski definition) is 6. The van der Waals surface area contributed by atoms with Gasteiger partial charge in [-0.2, -0.15) is 10.3 Å². The Kier molecular flexibility index (Phi) is 3.42. The second-order valence-electron chi connectivity index (χ2n) is 3.79. The van der Waals surface area contributed by atoms with E-state index in [0.717, 1.165) is 5.56 Å². The molecule has 2 aromatic heterocycles. The van der Waals surface area contributed by atoms with E-state index in [1.165, 1.54) is 6.21 Å². The number of tetrazole rings is 1. The summed E-state index contributed by atoms with van der Waals surface area (Å²) >= 11 is 6.11. The molecule has 2 heterocycles. The van der Waals surface area contributed by atoms with Gasteiger partial charge in [0.05, 0.1) is 11.2 Å². The van der Waals surface area contributed by atoms with Crippen LogP contribution < -0.4 is 5.43 Å².